The van der Waals surface area contributed by atoms with E-state index in [4.69, 9.17) is 61.0 Å². The molecule has 22 heterocycles. The highest BCUT2D eigenvalue weighted by Gasteiger charge is 2.59. The summed E-state index contributed by atoms with van der Waals surface area (Å²) in [5.74, 6) is 0.342. The Kier molecular flexibility index (Phi) is 20.2. The molecule has 17 N–H and O–H groups in total. The number of aliphatic hydroxyl groups excluding tert-OH is 17. The summed E-state index contributed by atoms with van der Waals surface area (Å²) in [6, 6.07) is 0. The van der Waals surface area contributed by atoms with E-state index in [1.165, 1.54) is 0 Å². The van der Waals surface area contributed by atoms with E-state index >= 15 is 0 Å². The second-order valence-corrected chi connectivity index (χ2v) is 18.6. The third-order valence-corrected chi connectivity index (χ3v) is 14.0. The molecule has 22 aliphatic heterocycles. The predicted molar refractivity (Wildman–Crippen MR) is 217 cm³/mol. The predicted octanol–water partition coefficient (Wildman–Crippen LogP) is -11.0. The second kappa shape index (κ2) is 24.9. The summed E-state index contributed by atoms with van der Waals surface area (Å²) in [6.45, 7) is -4.00. The Bertz CT molecular complexity index is 1590. The summed E-state index contributed by atoms with van der Waals surface area (Å²) in [5.41, 5.74) is 0. The topological polar surface area (TPSA) is 464 Å². The highest BCUT2D eigenvalue weighted by atomic mass is 32.2. The Hall–Kier alpha value is -0.850. The van der Waals surface area contributed by atoms with Gasteiger partial charge in [-0.2, -0.15) is 0 Å². The van der Waals surface area contributed by atoms with Gasteiger partial charge in [-0.15, -0.1) is 0 Å². The Labute approximate surface area is 402 Å². The van der Waals surface area contributed by atoms with Crippen LogP contribution in [0.25, 0.3) is 0 Å². The molecular formula is C39H66O30S. The molecule has 30 atom stereocenters. The molecule has 0 aromatic rings. The summed E-state index contributed by atoms with van der Waals surface area (Å²) < 4.78 is 75.2. The van der Waals surface area contributed by atoms with Gasteiger partial charge in [-0.3, -0.25) is 0 Å². The summed E-state index contributed by atoms with van der Waals surface area (Å²) in [6.07, 6.45) is -56.2. The lowest BCUT2D eigenvalue weighted by Crippen LogP contribution is -2.69. The third-order valence-electron chi connectivity index (χ3n) is 13.1. The average molecular weight is 1050 g/mol. The third kappa shape index (κ3) is 11.5. The van der Waals surface area contributed by atoms with Crippen LogP contribution >= 0.6 is 12.0 Å². The van der Waals surface area contributed by atoms with E-state index in [-0.39, 0.29) is 0 Å². The minimum Gasteiger partial charge on any atom is -0.394 e. The van der Waals surface area contributed by atoms with Gasteiger partial charge in [-0.1, -0.05) is 6.92 Å². The number of ether oxygens (including phenoxy) is 12. The molecule has 22 aliphatic rings. The lowest BCUT2D eigenvalue weighted by Gasteiger charge is -2.51. The largest absolute Gasteiger partial charge is 0.394 e. The van der Waals surface area contributed by atoms with Gasteiger partial charge >= 0.3 is 0 Å². The fourth-order valence-corrected chi connectivity index (χ4v) is 9.88. The van der Waals surface area contributed by atoms with Gasteiger partial charge in [-0.25, -0.2) is 0 Å². The van der Waals surface area contributed by atoms with Crippen molar-refractivity contribution in [2.45, 2.75) is 198 Å². The molecule has 70 heavy (non-hydrogen) atoms. The molecule has 0 saturated carbocycles. The minimum absolute atomic E-state index is 0.342. The van der Waals surface area contributed by atoms with Crippen molar-refractivity contribution >= 4 is 12.0 Å². The fourth-order valence-electron chi connectivity index (χ4n) is 9.23. The van der Waals surface area contributed by atoms with Gasteiger partial charge in [0.25, 0.3) is 0 Å². The van der Waals surface area contributed by atoms with Crippen LogP contribution in [0.1, 0.15) is 13.3 Å². The standard InChI is InChI=1S/C39H66O30S/c1-2-3-70-69-33-26(56)39-62-15(9-45)32(33)68-38-25(55)20(50)30(13(7-43)61-38)66-36-23(53)18(48)28(11(5-41)59-36)64-34-21(51)16(46)27(10(4-40)57-34)63-35-22(52)17(47)29(12(6-42)58-35)65-37-24(54)19(49)31(67-39)14(8-44)60-37/h10-56H,2-9H2,1H3/t10-,11-,12-,13-,14-,15-,16-,17-,18-,19-,20-,21-,22-,23-,24-,25-,26-,27-,28-,29-,30-,31-,32+,33-,34-,35-,36-,37-,38-,39-/m1/s1. The van der Waals surface area contributed by atoms with Crippen molar-refractivity contribution in [3.05, 3.63) is 0 Å². The van der Waals surface area contributed by atoms with Gasteiger partial charge in [0.05, 0.1) is 39.6 Å². The van der Waals surface area contributed by atoms with Crippen molar-refractivity contribution in [1.29, 1.82) is 0 Å². The Morgan fingerprint density at radius 3 is 0.743 bits per heavy atom. The number of aliphatic hydroxyl groups is 17. The monoisotopic (exact) mass is 1050 g/mol. The van der Waals surface area contributed by atoms with E-state index in [0.29, 0.717) is 12.2 Å². The van der Waals surface area contributed by atoms with E-state index < -0.39 is 224 Å². The molecule has 0 amide bonds. The first-order valence-corrected chi connectivity index (χ1v) is 23.7. The van der Waals surface area contributed by atoms with Crippen LogP contribution in [0.15, 0.2) is 0 Å². The SMILES string of the molecule is CCCSO[C@@H]1[C@@H](O)[C@H]2O[C@H]3[C@H](O)[C@@H](O)[C@@H](O[C@H]4[C@H](O)[C@@H](O)[C@@H](O[C@H]5[C@H](O)[C@@H](O)[C@@H](O[C@H]6[C@H](O)[C@@H](O)[C@@H](O[C@H]7[C@H](O)[C@@H](O)[C@@H](O[C@H]1[C@@H](CO)O2)O[C@@H]7CO)O[C@@H]6CO)O[C@@H]5CO)O[C@@H]4CO)O[C@@H]3CO. The van der Waals surface area contributed by atoms with E-state index in [1.807, 2.05) is 6.92 Å². The van der Waals surface area contributed by atoms with Crippen LogP contribution in [0.3, 0.4) is 0 Å². The summed E-state index contributed by atoms with van der Waals surface area (Å²) in [7, 11) is 0. The molecule has 0 spiro atoms. The van der Waals surface area contributed by atoms with Gasteiger partial charge in [0.2, 0.25) is 0 Å². The summed E-state index contributed by atoms with van der Waals surface area (Å²) in [4.78, 5) is 0. The molecule has 31 heteroatoms. The highest BCUT2D eigenvalue weighted by Crippen LogP contribution is 2.39. The Morgan fingerprint density at radius 1 is 0.300 bits per heavy atom. The fraction of sp³-hybridized carbons (Fsp3) is 1.00. The first-order chi connectivity index (χ1) is 33.5. The molecule has 0 unspecified atom stereocenters. The van der Waals surface area contributed by atoms with Gasteiger partial charge in [0.15, 0.2) is 37.7 Å². The zero-order chi connectivity index (χ0) is 50.9. The molecule has 0 radical (unpaired) electrons. The molecule has 22 saturated heterocycles. The maximum Gasteiger partial charge on any atom is 0.187 e. The van der Waals surface area contributed by atoms with Crippen LogP contribution in [0.2, 0.25) is 0 Å². The van der Waals surface area contributed by atoms with Gasteiger partial charge < -0.3 is 148 Å². The van der Waals surface area contributed by atoms with E-state index in [0.717, 1.165) is 12.0 Å². The lowest BCUT2D eigenvalue weighted by atomic mass is 9.94. The zero-order valence-corrected chi connectivity index (χ0v) is 38.1. The number of hydrogen-bond donors (Lipinski definition) is 17. The number of hydrogen-bond acceptors (Lipinski definition) is 31. The smallest absolute Gasteiger partial charge is 0.187 e. The van der Waals surface area contributed by atoms with E-state index in [9.17, 15) is 86.8 Å². The summed E-state index contributed by atoms with van der Waals surface area (Å²) in [5, 5.41) is 187. The molecule has 30 nitrogen and oxygen atoms in total. The van der Waals surface area contributed by atoms with Gasteiger partial charge in [0, 0.05) is 5.75 Å². The summed E-state index contributed by atoms with van der Waals surface area (Å²) >= 11 is 0.842. The van der Waals surface area contributed by atoms with E-state index in [1.54, 1.807) is 0 Å². The molecule has 12 bridgehead atoms. The van der Waals surface area contributed by atoms with Gasteiger partial charge in [0.1, 0.15) is 146 Å². The van der Waals surface area contributed by atoms with Crippen molar-refractivity contribution in [1.82, 2.24) is 0 Å². The molecular weight excluding hydrogens is 980 g/mol. The van der Waals surface area contributed by atoms with Crippen LogP contribution in [-0.4, -0.2) is 316 Å². The Balaban J connectivity index is 1.21. The average Bonchev–Trinajstić information content (AvgIpc) is 3.35. The van der Waals surface area contributed by atoms with Crippen LogP contribution in [0.5, 0.6) is 0 Å². The molecule has 0 aliphatic carbocycles. The van der Waals surface area contributed by atoms with E-state index in [2.05, 4.69) is 0 Å². The van der Waals surface area contributed by atoms with Gasteiger partial charge in [-0.05, 0) is 18.5 Å². The van der Waals surface area contributed by atoms with Crippen LogP contribution < -0.4 is 0 Å². The van der Waals surface area contributed by atoms with Crippen LogP contribution in [0, 0.1) is 0 Å². The second-order valence-electron chi connectivity index (χ2n) is 17.7. The first-order valence-electron chi connectivity index (χ1n) is 22.7. The van der Waals surface area contributed by atoms with Crippen molar-refractivity contribution in [2.75, 3.05) is 45.4 Å². The van der Waals surface area contributed by atoms with Crippen LogP contribution in [-0.2, 0) is 61.0 Å². The normalized spacial score (nSPS) is 52.9. The Morgan fingerprint density at radius 2 is 0.514 bits per heavy atom. The molecule has 0 aromatic heterocycles. The minimum atomic E-state index is -2.14. The molecule has 408 valence electrons. The van der Waals surface area contributed by atoms with Crippen molar-refractivity contribution < 1.29 is 148 Å². The van der Waals surface area contributed by atoms with Crippen molar-refractivity contribution in [3.63, 3.8) is 0 Å². The first kappa shape index (κ1) is 56.9. The molecule has 0 aromatic carbocycles. The molecule has 22 rings (SSSR count). The lowest BCUT2D eigenvalue weighted by molar-refractivity contribution is -0.403. The maximum atomic E-state index is 11.7. The van der Waals surface area contributed by atoms with Crippen molar-refractivity contribution in [3.8, 4) is 0 Å². The quantitative estimate of drug-likeness (QED) is 0.0713. The molecule has 22 fully saturated rings. The zero-order valence-electron chi connectivity index (χ0n) is 37.3. The van der Waals surface area contributed by atoms with Crippen molar-refractivity contribution in [2.24, 2.45) is 0 Å². The highest BCUT2D eigenvalue weighted by molar-refractivity contribution is 7.94. The van der Waals surface area contributed by atoms with Crippen LogP contribution in [0.4, 0.5) is 0 Å². The maximum absolute atomic E-state index is 11.7. The number of rotatable bonds is 10.